The number of hydrogen-bond donors (Lipinski definition) is 3. The quantitative estimate of drug-likeness (QED) is 0.712. The zero-order chi connectivity index (χ0) is 18.8. The molecular weight excluding hydrogens is 357 g/mol. The third-order valence-corrected chi connectivity index (χ3v) is 4.29. The Morgan fingerprint density at radius 1 is 1.40 bits per heavy atom. The third-order valence-electron chi connectivity index (χ3n) is 3.97. The maximum absolute atomic E-state index is 10.6. The van der Waals surface area contributed by atoms with Crippen molar-refractivity contribution in [1.82, 2.24) is 10.3 Å². The van der Waals surface area contributed by atoms with Crippen molar-refractivity contribution < 1.29 is 23.1 Å². The molecule has 3 N–H and O–H groups in total. The van der Waals surface area contributed by atoms with Crippen molar-refractivity contribution >= 4 is 28.5 Å². The second-order valence-electron chi connectivity index (χ2n) is 6.37. The monoisotopic (exact) mass is 376 g/mol. The van der Waals surface area contributed by atoms with Crippen LogP contribution >= 0.6 is 11.6 Å². The van der Waals surface area contributed by atoms with E-state index in [0.717, 1.165) is 24.4 Å². The van der Waals surface area contributed by atoms with Crippen molar-refractivity contribution in [2.24, 2.45) is 5.92 Å². The van der Waals surface area contributed by atoms with Crippen LogP contribution in [0, 0.1) is 5.92 Å². The Balaban J connectivity index is 0.000000277. The van der Waals surface area contributed by atoms with E-state index in [2.05, 4.69) is 30.2 Å². The molecule has 138 valence electrons. The minimum Gasteiger partial charge on any atom is -0.475 e. The molecule has 1 aliphatic rings. The summed E-state index contributed by atoms with van der Waals surface area (Å²) in [5, 5.41) is 12.8. The number of aliphatic carboxylic acids is 1. The maximum Gasteiger partial charge on any atom is 0.490 e. The van der Waals surface area contributed by atoms with Crippen molar-refractivity contribution in [3.63, 3.8) is 0 Å². The number of carbonyl (C=O) groups is 1. The number of rotatable bonds is 2. The van der Waals surface area contributed by atoms with Gasteiger partial charge in [0.2, 0.25) is 0 Å². The van der Waals surface area contributed by atoms with Gasteiger partial charge in [0.25, 0.3) is 0 Å². The van der Waals surface area contributed by atoms with Gasteiger partial charge in [0, 0.05) is 22.6 Å². The molecule has 0 saturated heterocycles. The summed E-state index contributed by atoms with van der Waals surface area (Å²) in [6, 6.07) is 6.55. The fourth-order valence-electron chi connectivity index (χ4n) is 2.99. The number of alkyl halides is 3. The summed E-state index contributed by atoms with van der Waals surface area (Å²) in [5.41, 5.74) is 3.93. The molecule has 0 amide bonds. The van der Waals surface area contributed by atoms with Crippen LogP contribution in [-0.2, 0) is 11.2 Å². The summed E-state index contributed by atoms with van der Waals surface area (Å²) < 4.78 is 31.7. The van der Waals surface area contributed by atoms with Crippen LogP contribution in [0.2, 0.25) is 5.02 Å². The summed E-state index contributed by atoms with van der Waals surface area (Å²) in [6.07, 6.45) is -2.86. The van der Waals surface area contributed by atoms with Gasteiger partial charge in [-0.1, -0.05) is 31.5 Å². The van der Waals surface area contributed by atoms with Crippen LogP contribution in [0.3, 0.4) is 0 Å². The number of hydrogen-bond acceptors (Lipinski definition) is 2. The van der Waals surface area contributed by atoms with Crippen LogP contribution in [0.15, 0.2) is 18.2 Å². The van der Waals surface area contributed by atoms with Crippen molar-refractivity contribution in [3.05, 3.63) is 34.5 Å². The Morgan fingerprint density at radius 2 is 2.04 bits per heavy atom. The number of carboxylic acid groups (broad SMARTS) is 1. The average molecular weight is 377 g/mol. The molecule has 0 radical (unpaired) electrons. The van der Waals surface area contributed by atoms with Crippen molar-refractivity contribution in [2.45, 2.75) is 38.9 Å². The van der Waals surface area contributed by atoms with Gasteiger partial charge in [0.1, 0.15) is 0 Å². The normalized spacial score (nSPS) is 17.2. The Morgan fingerprint density at radius 3 is 2.60 bits per heavy atom. The number of fused-ring (bicyclic) bond motifs is 3. The largest absolute Gasteiger partial charge is 0.490 e. The molecule has 0 saturated carbocycles. The first-order chi connectivity index (χ1) is 11.6. The van der Waals surface area contributed by atoms with Crippen LogP contribution < -0.4 is 5.32 Å². The summed E-state index contributed by atoms with van der Waals surface area (Å²) in [4.78, 5) is 12.5. The second kappa shape index (κ2) is 7.66. The van der Waals surface area contributed by atoms with Gasteiger partial charge >= 0.3 is 12.1 Å². The van der Waals surface area contributed by atoms with E-state index in [4.69, 9.17) is 21.5 Å². The lowest BCUT2D eigenvalue weighted by Gasteiger charge is -2.25. The van der Waals surface area contributed by atoms with E-state index in [9.17, 15) is 13.2 Å². The maximum atomic E-state index is 10.6. The van der Waals surface area contributed by atoms with E-state index >= 15 is 0 Å². The number of H-pyrrole nitrogens is 1. The van der Waals surface area contributed by atoms with Gasteiger partial charge in [0.05, 0.1) is 5.02 Å². The molecule has 1 aromatic carbocycles. The Labute approximate surface area is 148 Å². The van der Waals surface area contributed by atoms with E-state index in [1.165, 1.54) is 22.2 Å². The van der Waals surface area contributed by atoms with Crippen LogP contribution in [-0.4, -0.2) is 28.8 Å². The first-order valence-electron chi connectivity index (χ1n) is 7.93. The van der Waals surface area contributed by atoms with Crippen LogP contribution in [0.1, 0.15) is 37.6 Å². The highest BCUT2D eigenvalue weighted by Gasteiger charge is 2.38. The van der Waals surface area contributed by atoms with Crippen molar-refractivity contribution in [2.75, 3.05) is 6.54 Å². The van der Waals surface area contributed by atoms with E-state index < -0.39 is 12.1 Å². The minimum absolute atomic E-state index is 0.442. The fourth-order valence-corrected chi connectivity index (χ4v) is 3.28. The number of aromatic amines is 1. The molecule has 1 atom stereocenters. The molecule has 2 aromatic rings. The third kappa shape index (κ3) is 4.67. The van der Waals surface area contributed by atoms with Gasteiger partial charge in [-0.25, -0.2) is 4.79 Å². The smallest absolute Gasteiger partial charge is 0.475 e. The lowest BCUT2D eigenvalue weighted by atomic mass is 9.93. The Bertz CT molecular complexity index is 756. The Kier molecular flexibility index (Phi) is 6.00. The zero-order valence-electron chi connectivity index (χ0n) is 13.9. The molecule has 1 aliphatic heterocycles. The lowest BCUT2D eigenvalue weighted by Crippen LogP contribution is -2.30. The van der Waals surface area contributed by atoms with Crippen molar-refractivity contribution in [3.8, 4) is 0 Å². The van der Waals surface area contributed by atoms with Crippen molar-refractivity contribution in [1.29, 1.82) is 0 Å². The van der Waals surface area contributed by atoms with E-state index in [1.54, 1.807) is 0 Å². The number of nitrogens with one attached hydrogen (secondary N) is 2. The molecule has 0 spiro atoms. The number of aromatic nitrogens is 1. The second-order valence-corrected chi connectivity index (χ2v) is 6.78. The number of carboxylic acids is 1. The van der Waals surface area contributed by atoms with Gasteiger partial charge in [-0.05, 0) is 43.0 Å². The molecule has 0 aliphatic carbocycles. The predicted molar refractivity (Wildman–Crippen MR) is 90.9 cm³/mol. The molecule has 4 nitrogen and oxygen atoms in total. The first-order valence-corrected chi connectivity index (χ1v) is 8.31. The molecule has 1 unspecified atom stereocenters. The van der Waals surface area contributed by atoms with Crippen LogP contribution in [0.25, 0.3) is 10.9 Å². The summed E-state index contributed by atoms with van der Waals surface area (Å²) in [7, 11) is 0. The first kappa shape index (κ1) is 19.6. The average Bonchev–Trinajstić information content (AvgIpc) is 2.87. The minimum atomic E-state index is -5.08. The molecule has 3 rings (SSSR count). The van der Waals surface area contributed by atoms with E-state index in [-0.39, 0.29) is 0 Å². The van der Waals surface area contributed by atoms with Crippen LogP contribution in [0.4, 0.5) is 13.2 Å². The highest BCUT2D eigenvalue weighted by molar-refractivity contribution is 6.35. The number of halogens is 4. The predicted octanol–water partition coefficient (Wildman–Crippen LogP) is 4.69. The van der Waals surface area contributed by atoms with Gasteiger partial charge in [-0.2, -0.15) is 13.2 Å². The topological polar surface area (TPSA) is 65.1 Å². The number of benzene rings is 1. The van der Waals surface area contributed by atoms with E-state index in [1.807, 2.05) is 12.1 Å². The molecule has 8 heteroatoms. The molecular formula is C17H20ClF3N2O2. The molecule has 25 heavy (non-hydrogen) atoms. The summed E-state index contributed by atoms with van der Waals surface area (Å²) in [5.74, 6) is -2.07. The fraction of sp³-hybridized carbons (Fsp3) is 0.471. The van der Waals surface area contributed by atoms with Gasteiger partial charge in [-0.3, -0.25) is 0 Å². The lowest BCUT2D eigenvalue weighted by molar-refractivity contribution is -0.192. The van der Waals surface area contributed by atoms with Gasteiger partial charge in [0.15, 0.2) is 0 Å². The zero-order valence-corrected chi connectivity index (χ0v) is 14.6. The molecule has 0 fully saturated rings. The Hall–Kier alpha value is -1.73. The SMILES string of the molecule is CC(C)CC1NCCc2c1[nH]c1cccc(Cl)c21.O=C(O)C(F)(F)F. The van der Waals surface area contributed by atoms with Gasteiger partial charge in [-0.15, -0.1) is 0 Å². The summed E-state index contributed by atoms with van der Waals surface area (Å²) >= 11 is 6.35. The van der Waals surface area contributed by atoms with E-state index in [0.29, 0.717) is 12.0 Å². The van der Waals surface area contributed by atoms with Gasteiger partial charge < -0.3 is 15.4 Å². The molecule has 0 bridgehead atoms. The van der Waals surface area contributed by atoms with Crippen LogP contribution in [0.5, 0.6) is 0 Å². The highest BCUT2D eigenvalue weighted by atomic mass is 35.5. The summed E-state index contributed by atoms with van der Waals surface area (Å²) in [6.45, 7) is 5.58. The molecule has 2 heterocycles. The molecule has 1 aromatic heterocycles. The highest BCUT2D eigenvalue weighted by Crippen LogP contribution is 2.36. The standard InChI is InChI=1S/C15H19ClN2.C2HF3O2/c1-9(2)8-13-15-10(6-7-17-13)14-11(16)4-3-5-12(14)18-15;3-2(4,5)1(6)7/h3-5,9,13,17-18H,6-8H2,1-2H3;(H,6,7).